The van der Waals surface area contributed by atoms with Gasteiger partial charge >= 0.3 is 0 Å². The number of anilines is 9. The maximum Gasteiger partial charge on any atom is 0.164 e. The van der Waals surface area contributed by atoms with Gasteiger partial charge in [-0.3, -0.25) is 0 Å². The van der Waals surface area contributed by atoms with Gasteiger partial charge in [0.1, 0.15) is 0 Å². The van der Waals surface area contributed by atoms with Crippen molar-refractivity contribution in [2.45, 2.75) is 79.8 Å². The molecule has 0 amide bonds. The summed E-state index contributed by atoms with van der Waals surface area (Å²) < 4.78 is 19.0. The Hall–Kier alpha value is -15.4. The first kappa shape index (κ1) is 82.2. The van der Waals surface area contributed by atoms with Crippen LogP contribution in [0.25, 0.3) is 102 Å². The Kier molecular flexibility index (Phi) is 22.7. The van der Waals surface area contributed by atoms with Crippen LogP contribution in [0.2, 0.25) is 39.3 Å². The van der Waals surface area contributed by atoms with Gasteiger partial charge in [0.05, 0.1) is 50.3 Å². The van der Waals surface area contributed by atoms with E-state index >= 15 is 0 Å². The minimum absolute atomic E-state index is 0.633. The van der Waals surface area contributed by atoms with Gasteiger partial charge in [-0.2, -0.15) is 0 Å². The van der Waals surface area contributed by atoms with E-state index < -0.39 is 16.1 Å². The van der Waals surface area contributed by atoms with Crippen molar-refractivity contribution in [3.8, 4) is 137 Å². The van der Waals surface area contributed by atoms with Crippen LogP contribution in [0.5, 0.6) is 34.5 Å². The molecule has 3 aliphatic heterocycles. The molecule has 0 unspecified atom stereocenters. The molecule has 0 spiro atoms. The molecule has 0 bridgehead atoms. The summed E-state index contributed by atoms with van der Waals surface area (Å²) in [6, 6.07) is 125. The predicted octanol–water partition coefficient (Wildman–Crippen LogP) is 28.2. The summed E-state index contributed by atoms with van der Waals surface area (Å²) >= 11 is 0. The highest BCUT2D eigenvalue weighted by Crippen LogP contribution is 2.55. The van der Waals surface area contributed by atoms with Crippen molar-refractivity contribution in [1.29, 1.82) is 0 Å². The van der Waals surface area contributed by atoms with Gasteiger partial charge in [0.15, 0.2) is 86.9 Å². The summed E-state index contributed by atoms with van der Waals surface area (Å²) in [6.45, 7) is 22.7. The molecule has 0 fully saturated rings. The monoisotopic (exact) mass is 1700 g/mol. The van der Waals surface area contributed by atoms with Gasteiger partial charge in [0.2, 0.25) is 0 Å². The molecule has 17 heteroatoms. The van der Waals surface area contributed by atoms with Crippen LogP contribution in [0.1, 0.15) is 36.1 Å². The van der Waals surface area contributed by atoms with Gasteiger partial charge in [-0.1, -0.05) is 282 Å². The quantitative estimate of drug-likeness (QED) is 0.0842. The number of para-hydroxylation sites is 4. The third-order valence-corrected chi connectivity index (χ3v) is 27.3. The molecule has 6 heterocycles. The van der Waals surface area contributed by atoms with Crippen LogP contribution >= 0.6 is 0 Å². The molecule has 128 heavy (non-hydrogen) atoms. The van der Waals surface area contributed by atoms with Gasteiger partial charge in [-0.15, -0.1) is 0 Å². The fourth-order valence-corrected chi connectivity index (χ4v) is 18.4. The van der Waals surface area contributed by atoms with Crippen molar-refractivity contribution in [1.82, 2.24) is 44.9 Å². The second kappa shape index (κ2) is 35.3. The smallest absolute Gasteiger partial charge is 0.164 e. The highest BCUT2D eigenvalue weighted by atomic mass is 28.3. The van der Waals surface area contributed by atoms with E-state index in [0.29, 0.717) is 52.4 Å². The molecular weight excluding hydrogens is 1610 g/mol. The third-order valence-electron chi connectivity index (χ3n) is 23.1. The van der Waals surface area contributed by atoms with Crippen LogP contribution in [0.4, 0.5) is 51.2 Å². The third kappa shape index (κ3) is 17.4. The molecule has 15 aromatic carbocycles. The van der Waals surface area contributed by atoms with Gasteiger partial charge in [-0.25, -0.2) is 44.9 Å². The zero-order valence-corrected chi connectivity index (χ0v) is 75.1. The maximum absolute atomic E-state index is 6.45. The Bertz CT molecular complexity index is 6740. The first-order chi connectivity index (χ1) is 62.4. The van der Waals surface area contributed by atoms with E-state index in [4.69, 9.17) is 59.1 Å². The fraction of sp³-hybridized carbons (Fsp3) is 0.108. The van der Waals surface area contributed by atoms with Crippen molar-refractivity contribution < 1.29 is 14.2 Å². The zero-order chi connectivity index (χ0) is 87.6. The summed E-state index contributed by atoms with van der Waals surface area (Å²) in [7, 11) is -2.86. The summed E-state index contributed by atoms with van der Waals surface area (Å²) in [5.74, 6) is 11.0. The minimum Gasteiger partial charge on any atom is -0.453 e. The molecular formula is C111H94N12O3Si2. The number of hydrogen-bond donors (Lipinski definition) is 0. The van der Waals surface area contributed by atoms with Crippen molar-refractivity contribution in [3.05, 3.63) is 386 Å². The van der Waals surface area contributed by atoms with Crippen LogP contribution in [-0.2, 0) is 12.8 Å². The van der Waals surface area contributed by atoms with Crippen LogP contribution in [0, 0.1) is 13.8 Å². The summed E-state index contributed by atoms with van der Waals surface area (Å²) in [6.07, 6.45) is 1.91. The van der Waals surface area contributed by atoms with Crippen molar-refractivity contribution in [2.75, 3.05) is 14.7 Å². The van der Waals surface area contributed by atoms with E-state index in [1.165, 1.54) is 21.5 Å². The zero-order valence-electron chi connectivity index (χ0n) is 73.1. The molecule has 15 nitrogen and oxygen atoms in total. The Morgan fingerprint density at radius 3 is 0.680 bits per heavy atom. The SMILES string of the molecule is CCc1ccc2c(c1)Oc1cc(CC)ccc1N2c1ccc(-c2nc(-c3ccccc3)nc(-c3ccccc3)n2)cc1.C[Si](C)(C)c1ccc(-c2nc(-c3ccc(N4c5ccccc5Oc5ccccc54)cc3)nc(-c3ccc([Si](C)(C)C)cc3)n2)cc1.Cc1ccc2c(c1)Oc1cc(C)ccc1N2c1ccc(-c2nc(-c3ccccc3)nc(-c3ccccc3)n2)cc1. The van der Waals surface area contributed by atoms with E-state index in [-0.39, 0.29) is 0 Å². The lowest BCUT2D eigenvalue weighted by Crippen LogP contribution is -2.37. The lowest BCUT2D eigenvalue weighted by molar-refractivity contribution is 0.475. The number of nitrogens with zero attached hydrogens (tertiary/aromatic N) is 12. The van der Waals surface area contributed by atoms with Crippen molar-refractivity contribution >= 4 is 77.7 Å². The number of aromatic nitrogens is 9. The Morgan fingerprint density at radius 1 is 0.211 bits per heavy atom. The molecule has 0 saturated carbocycles. The minimum atomic E-state index is -1.43. The molecule has 0 aliphatic carbocycles. The molecule has 3 aromatic heterocycles. The van der Waals surface area contributed by atoms with Crippen LogP contribution in [0.3, 0.4) is 0 Å². The molecule has 624 valence electrons. The summed E-state index contributed by atoms with van der Waals surface area (Å²) in [4.78, 5) is 51.0. The number of hydrogen-bond acceptors (Lipinski definition) is 15. The number of benzene rings is 15. The standard InChI is InChI=1S/C39H38N4OSi2.C37H30N4O.C35H26N4O/c1-45(2,3)31-23-17-28(18-24-31)38-40-37(41-39(42-38)29-19-25-32(26-20-29)46(4,5)6)27-15-21-30(22-16-27)43-33-11-7-9-13-35(33)44-36-14-10-8-12-34(36)43;1-3-25-15-21-31-33(23-25)42-34-24-26(4-2)16-22-32(34)41(31)30-19-17-29(18-20-30)37-39-35(27-11-7-5-8-12-27)38-36(40-37)28-13-9-6-10-14-28;1-23-13-19-29-31(21-23)40-32-22-24(2)14-20-30(32)39(29)28-17-15-27(16-18-28)35-37-33(25-9-5-3-6-10-25)36-34(38-35)26-11-7-4-8-12-26/h7-26H,1-6H3;5-24H,3-4H2,1-2H3;3-22H,1-2H3. The summed E-state index contributed by atoms with van der Waals surface area (Å²) in [5, 5.41) is 2.82. The Balaban J connectivity index is 0.000000125. The van der Waals surface area contributed by atoms with Gasteiger partial charge in [0.25, 0.3) is 0 Å². The normalized spacial score (nSPS) is 12.2. The lowest BCUT2D eigenvalue weighted by Gasteiger charge is -2.33. The van der Waals surface area contributed by atoms with E-state index in [9.17, 15) is 0 Å². The van der Waals surface area contributed by atoms with E-state index in [2.05, 4.69) is 288 Å². The molecule has 3 aliphatic rings. The molecule has 21 rings (SSSR count). The van der Waals surface area contributed by atoms with E-state index in [0.717, 1.165) is 160 Å². The van der Waals surface area contributed by atoms with Gasteiger partial charge < -0.3 is 28.9 Å². The van der Waals surface area contributed by atoms with Gasteiger partial charge in [0, 0.05) is 67.1 Å². The maximum atomic E-state index is 6.45. The Labute approximate surface area is 749 Å². The average molecular weight is 1700 g/mol. The molecule has 0 saturated heterocycles. The number of fused-ring (bicyclic) bond motifs is 6. The molecule has 0 radical (unpaired) electrons. The average Bonchev–Trinajstić information content (AvgIpc) is 0.746. The highest BCUT2D eigenvalue weighted by molar-refractivity contribution is 6.89. The second-order valence-electron chi connectivity index (χ2n) is 34.2. The first-order valence-corrected chi connectivity index (χ1v) is 50.5. The van der Waals surface area contributed by atoms with Crippen LogP contribution in [0.15, 0.2) is 364 Å². The summed E-state index contributed by atoms with van der Waals surface area (Å²) in [5.41, 5.74) is 22.5. The number of rotatable bonds is 16. The van der Waals surface area contributed by atoms with E-state index in [1.54, 1.807) is 0 Å². The van der Waals surface area contributed by atoms with Crippen LogP contribution in [-0.4, -0.2) is 61.0 Å². The lowest BCUT2D eigenvalue weighted by atomic mass is 10.0. The van der Waals surface area contributed by atoms with Crippen molar-refractivity contribution in [2.24, 2.45) is 0 Å². The molecule has 0 atom stereocenters. The fourth-order valence-electron chi connectivity index (χ4n) is 16.1. The highest BCUT2D eigenvalue weighted by Gasteiger charge is 2.31. The number of aryl methyl sites for hydroxylation is 4. The topological polar surface area (TPSA) is 153 Å². The van der Waals surface area contributed by atoms with Crippen LogP contribution < -0.4 is 39.3 Å². The second-order valence-corrected chi connectivity index (χ2v) is 44.3. The number of ether oxygens (including phenoxy) is 3. The first-order valence-electron chi connectivity index (χ1n) is 43.5. The predicted molar refractivity (Wildman–Crippen MR) is 527 cm³/mol. The largest absolute Gasteiger partial charge is 0.453 e. The van der Waals surface area contributed by atoms with Crippen molar-refractivity contribution in [3.63, 3.8) is 0 Å². The molecule has 0 N–H and O–H groups in total. The van der Waals surface area contributed by atoms with Gasteiger partial charge in [-0.05, 0) is 195 Å². The Morgan fingerprint density at radius 2 is 0.422 bits per heavy atom. The van der Waals surface area contributed by atoms with E-state index in [1.807, 2.05) is 158 Å². The molecule has 18 aromatic rings.